The molecule has 0 aliphatic carbocycles. The summed E-state index contributed by atoms with van der Waals surface area (Å²) in [6, 6.07) is 19.0. The topological polar surface area (TPSA) is 26.3 Å². The van der Waals surface area contributed by atoms with E-state index in [0.717, 1.165) is 11.1 Å². The smallest absolute Gasteiger partial charge is 0.347 e. The molecule has 0 radical (unpaired) electrons. The number of carbonyl (C=O) groups is 1. The third-order valence-corrected chi connectivity index (χ3v) is 2.62. The molecule has 0 bridgehead atoms. The van der Waals surface area contributed by atoms with Crippen LogP contribution in [0.5, 0.6) is 0 Å². The molecule has 98 valence electrons. The molecular weight excluding hydrogens is 248 g/mol. The molecule has 0 aliphatic heterocycles. The Morgan fingerprint density at radius 2 is 1.60 bits per heavy atom. The van der Waals surface area contributed by atoms with E-state index < -0.39 is 5.97 Å². The summed E-state index contributed by atoms with van der Waals surface area (Å²) in [5.74, 6) is 2.34. The maximum Gasteiger partial charge on any atom is 0.347 e. The van der Waals surface area contributed by atoms with E-state index in [1.807, 2.05) is 60.7 Å². The highest BCUT2D eigenvalue weighted by Gasteiger charge is 2.04. The lowest BCUT2D eigenvalue weighted by atomic mass is 10.1. The van der Waals surface area contributed by atoms with Gasteiger partial charge in [0.05, 0.1) is 0 Å². The van der Waals surface area contributed by atoms with E-state index in [2.05, 4.69) is 12.0 Å². The van der Waals surface area contributed by atoms with Crippen LogP contribution in [-0.4, -0.2) is 5.97 Å². The molecular formula is C18H14O2. The van der Waals surface area contributed by atoms with Gasteiger partial charge in [-0.3, -0.25) is 0 Å². The highest BCUT2D eigenvalue weighted by atomic mass is 16.5. The summed E-state index contributed by atoms with van der Waals surface area (Å²) >= 11 is 0. The van der Waals surface area contributed by atoms with Crippen molar-refractivity contribution in [3.63, 3.8) is 0 Å². The lowest BCUT2D eigenvalue weighted by Crippen LogP contribution is -2.01. The average molecular weight is 262 g/mol. The maximum absolute atomic E-state index is 11.7. The third kappa shape index (κ3) is 4.15. The monoisotopic (exact) mass is 262 g/mol. The summed E-state index contributed by atoms with van der Waals surface area (Å²) in [4.78, 5) is 11.7. The van der Waals surface area contributed by atoms with Crippen LogP contribution in [0.25, 0.3) is 6.08 Å². The number of esters is 1. The van der Waals surface area contributed by atoms with E-state index in [1.165, 1.54) is 0 Å². The highest BCUT2D eigenvalue weighted by Crippen LogP contribution is 2.07. The van der Waals surface area contributed by atoms with Crippen molar-refractivity contribution in [1.29, 1.82) is 0 Å². The lowest BCUT2D eigenvalue weighted by molar-refractivity contribution is -0.132. The molecule has 2 aromatic rings. The molecule has 0 N–H and O–H groups in total. The molecule has 0 unspecified atom stereocenters. The normalized spacial score (nSPS) is 10.3. The predicted octanol–water partition coefficient (Wildman–Crippen LogP) is 3.64. The molecule has 0 saturated heterocycles. The average Bonchev–Trinajstić information content (AvgIpc) is 2.49. The Morgan fingerprint density at radius 1 is 1.00 bits per heavy atom. The first-order chi connectivity index (χ1) is 9.75. The lowest BCUT2D eigenvalue weighted by Gasteiger charge is -1.97. The first kappa shape index (κ1) is 13.6. The molecule has 0 spiro atoms. The molecule has 0 amide bonds. The van der Waals surface area contributed by atoms with Gasteiger partial charge in [0.25, 0.3) is 0 Å². The van der Waals surface area contributed by atoms with Crippen LogP contribution in [0.1, 0.15) is 18.1 Å². The summed E-state index contributed by atoms with van der Waals surface area (Å²) in [6.45, 7) is 1.71. The summed E-state index contributed by atoms with van der Waals surface area (Å²) in [5.41, 5.74) is 2.28. The standard InChI is InChI=1S/C18H14O2/c1-15(14-17-10-6-3-7-11-17)18(19)20-13-12-16-8-4-2-5-9-16/h2-11,14H,1H3. The molecule has 0 saturated carbocycles. The van der Waals surface area contributed by atoms with E-state index in [0.29, 0.717) is 5.57 Å². The molecule has 2 heteroatoms. The summed E-state index contributed by atoms with van der Waals surface area (Å²) < 4.78 is 4.91. The quantitative estimate of drug-likeness (QED) is 0.469. The molecule has 0 fully saturated rings. The van der Waals surface area contributed by atoms with E-state index in [-0.39, 0.29) is 0 Å². The Kier molecular flexibility index (Phi) is 4.75. The van der Waals surface area contributed by atoms with Gasteiger partial charge in [0.2, 0.25) is 0 Å². The second kappa shape index (κ2) is 6.96. The SMILES string of the molecule is CC(=Cc1ccccc1)C(=O)OC#Cc1ccccc1. The predicted molar refractivity (Wildman–Crippen MR) is 79.5 cm³/mol. The fraction of sp³-hybridized carbons (Fsp3) is 0.0556. The first-order valence-electron chi connectivity index (χ1n) is 6.26. The van der Waals surface area contributed by atoms with Gasteiger partial charge in [-0.15, -0.1) is 0 Å². The van der Waals surface area contributed by atoms with Gasteiger partial charge < -0.3 is 4.74 Å². The molecule has 0 atom stereocenters. The van der Waals surface area contributed by atoms with Crippen molar-refractivity contribution in [2.75, 3.05) is 0 Å². The zero-order valence-electron chi connectivity index (χ0n) is 11.2. The Hall–Kier alpha value is -2.79. The van der Waals surface area contributed by atoms with Gasteiger partial charge in [-0.1, -0.05) is 48.5 Å². The fourth-order valence-corrected chi connectivity index (χ4v) is 1.59. The van der Waals surface area contributed by atoms with Crippen molar-refractivity contribution >= 4 is 12.0 Å². The van der Waals surface area contributed by atoms with Crippen LogP contribution in [0.15, 0.2) is 66.2 Å². The van der Waals surface area contributed by atoms with Crippen LogP contribution in [0.3, 0.4) is 0 Å². The Bertz CT molecular complexity index is 659. The van der Waals surface area contributed by atoms with Crippen molar-refractivity contribution in [2.24, 2.45) is 0 Å². The van der Waals surface area contributed by atoms with Gasteiger partial charge in [0, 0.05) is 11.1 Å². The zero-order chi connectivity index (χ0) is 14.2. The number of hydrogen-bond acceptors (Lipinski definition) is 2. The minimum atomic E-state index is -0.433. The van der Waals surface area contributed by atoms with Crippen LogP contribution in [0, 0.1) is 12.0 Å². The van der Waals surface area contributed by atoms with Crippen LogP contribution in [0.4, 0.5) is 0 Å². The Morgan fingerprint density at radius 3 is 2.25 bits per heavy atom. The number of ether oxygens (including phenoxy) is 1. The van der Waals surface area contributed by atoms with Crippen molar-refractivity contribution in [3.05, 3.63) is 77.4 Å². The van der Waals surface area contributed by atoms with Crippen molar-refractivity contribution < 1.29 is 9.53 Å². The van der Waals surface area contributed by atoms with Gasteiger partial charge in [0.1, 0.15) is 6.11 Å². The van der Waals surface area contributed by atoms with Gasteiger partial charge in [0.15, 0.2) is 0 Å². The van der Waals surface area contributed by atoms with E-state index in [4.69, 9.17) is 4.74 Å². The van der Waals surface area contributed by atoms with Gasteiger partial charge in [-0.25, -0.2) is 4.79 Å². The second-order valence-electron chi connectivity index (χ2n) is 4.22. The molecule has 0 aromatic heterocycles. The largest absolute Gasteiger partial charge is 0.368 e. The molecule has 2 aromatic carbocycles. The van der Waals surface area contributed by atoms with Crippen LogP contribution < -0.4 is 0 Å². The summed E-state index contributed by atoms with van der Waals surface area (Å²) in [5, 5.41) is 0. The van der Waals surface area contributed by atoms with Crippen molar-refractivity contribution in [1.82, 2.24) is 0 Å². The minimum Gasteiger partial charge on any atom is -0.368 e. The second-order valence-corrected chi connectivity index (χ2v) is 4.22. The third-order valence-electron chi connectivity index (χ3n) is 2.62. The fourth-order valence-electron chi connectivity index (χ4n) is 1.59. The minimum absolute atomic E-state index is 0.433. The summed E-state index contributed by atoms with van der Waals surface area (Å²) in [7, 11) is 0. The van der Waals surface area contributed by atoms with E-state index in [1.54, 1.807) is 13.0 Å². The number of carbonyl (C=O) groups excluding carboxylic acids is 1. The number of rotatable bonds is 2. The molecule has 2 nitrogen and oxygen atoms in total. The van der Waals surface area contributed by atoms with Crippen molar-refractivity contribution in [2.45, 2.75) is 6.92 Å². The number of benzene rings is 2. The maximum atomic E-state index is 11.7. The van der Waals surface area contributed by atoms with Crippen molar-refractivity contribution in [3.8, 4) is 12.0 Å². The highest BCUT2D eigenvalue weighted by molar-refractivity contribution is 5.93. The summed E-state index contributed by atoms with van der Waals surface area (Å²) in [6.07, 6.45) is 4.20. The molecule has 0 aliphatic rings. The van der Waals surface area contributed by atoms with Gasteiger partial charge in [-0.05, 0) is 36.6 Å². The Balaban J connectivity index is 1.99. The zero-order valence-corrected chi connectivity index (χ0v) is 11.2. The number of hydrogen-bond donors (Lipinski definition) is 0. The van der Waals surface area contributed by atoms with Gasteiger partial charge in [-0.2, -0.15) is 0 Å². The molecule has 20 heavy (non-hydrogen) atoms. The van der Waals surface area contributed by atoms with Gasteiger partial charge >= 0.3 is 5.97 Å². The first-order valence-corrected chi connectivity index (χ1v) is 6.26. The van der Waals surface area contributed by atoms with E-state index >= 15 is 0 Å². The van der Waals surface area contributed by atoms with Crippen LogP contribution >= 0.6 is 0 Å². The molecule has 0 heterocycles. The van der Waals surface area contributed by atoms with Crippen LogP contribution in [0.2, 0.25) is 0 Å². The van der Waals surface area contributed by atoms with E-state index in [9.17, 15) is 4.79 Å². The van der Waals surface area contributed by atoms with Crippen LogP contribution in [-0.2, 0) is 9.53 Å². The Labute approximate surface area is 118 Å². The molecule has 2 rings (SSSR count).